The molecule has 0 fully saturated rings. The molecule has 11 heavy (non-hydrogen) atoms. The second-order valence-corrected chi connectivity index (χ2v) is 2.21. The molecule has 1 radical (unpaired) electrons. The zero-order valence-electron chi connectivity index (χ0n) is 5.91. The van der Waals surface area contributed by atoms with Crippen LogP contribution in [0.4, 0.5) is 0 Å². The van der Waals surface area contributed by atoms with E-state index in [1.807, 2.05) is 18.2 Å². The van der Waals surface area contributed by atoms with Gasteiger partial charge in [0.2, 0.25) is 0 Å². The van der Waals surface area contributed by atoms with E-state index >= 15 is 0 Å². The third-order valence-electron chi connectivity index (χ3n) is 1.47. The minimum Gasteiger partial charge on any atom is -0.493 e. The third kappa shape index (κ3) is 1.19. The molecule has 1 aromatic rings. The molecule has 2 nitrogen and oxygen atoms in total. The van der Waals surface area contributed by atoms with Crippen molar-refractivity contribution in [1.29, 1.82) is 0 Å². The first kappa shape index (κ1) is 6.28. The van der Waals surface area contributed by atoms with E-state index in [0.717, 1.165) is 11.3 Å². The lowest BCUT2D eigenvalue weighted by atomic mass is 10.2. The van der Waals surface area contributed by atoms with Gasteiger partial charge in [0.25, 0.3) is 0 Å². The molecular weight excluding hydrogens is 140 g/mol. The second-order valence-electron chi connectivity index (χ2n) is 2.21. The van der Waals surface area contributed by atoms with Crippen LogP contribution >= 0.6 is 0 Å². The molecule has 0 amide bonds. The number of rotatable bonds is 0. The molecule has 0 aromatic heterocycles. The molecule has 0 unspecified atom stereocenters. The first-order valence-electron chi connectivity index (χ1n) is 3.40. The van der Waals surface area contributed by atoms with Crippen LogP contribution < -0.4 is 4.74 Å². The summed E-state index contributed by atoms with van der Waals surface area (Å²) in [5.41, 5.74) is 0.956. The van der Waals surface area contributed by atoms with Crippen molar-refractivity contribution in [2.24, 2.45) is 0 Å². The Bertz CT molecular complexity index is 279. The average Bonchev–Trinajstić information content (AvgIpc) is 2.28. The van der Waals surface area contributed by atoms with Gasteiger partial charge in [0.1, 0.15) is 24.9 Å². The van der Waals surface area contributed by atoms with Crippen molar-refractivity contribution in [1.82, 2.24) is 0 Å². The van der Waals surface area contributed by atoms with Gasteiger partial charge in [0.15, 0.2) is 0 Å². The summed E-state index contributed by atoms with van der Waals surface area (Å²) in [4.78, 5) is 0. The maximum atomic E-state index is 5.21. The fourth-order valence-electron chi connectivity index (χ4n) is 0.951. The van der Waals surface area contributed by atoms with Crippen molar-refractivity contribution in [3.63, 3.8) is 0 Å². The van der Waals surface area contributed by atoms with Crippen LogP contribution in [-0.4, -0.2) is 0 Å². The van der Waals surface area contributed by atoms with Crippen LogP contribution in [0.1, 0.15) is 5.56 Å². The zero-order valence-corrected chi connectivity index (χ0v) is 5.91. The molecule has 2 heteroatoms. The van der Waals surface area contributed by atoms with Crippen LogP contribution in [0.2, 0.25) is 0 Å². The third-order valence-corrected chi connectivity index (χ3v) is 1.47. The van der Waals surface area contributed by atoms with Crippen LogP contribution in [0.25, 0.3) is 0 Å². The standard InChI is InChI=1S/C9H7O2/c1-2-4-9-8(3-1)7-10-5-6-11-9/h1-2,4-6H,7H2. The fraction of sp³-hybridized carbons (Fsp3) is 0.111. The van der Waals surface area contributed by atoms with Crippen LogP contribution in [0, 0.1) is 6.07 Å². The number of benzene rings is 1. The lowest BCUT2D eigenvalue weighted by Crippen LogP contribution is -1.87. The van der Waals surface area contributed by atoms with E-state index in [1.165, 1.54) is 12.5 Å². The van der Waals surface area contributed by atoms with Gasteiger partial charge in [-0.15, -0.1) is 0 Å². The predicted octanol–water partition coefficient (Wildman–Crippen LogP) is 1.87. The topological polar surface area (TPSA) is 18.5 Å². The smallest absolute Gasteiger partial charge is 0.133 e. The Morgan fingerprint density at radius 3 is 3.36 bits per heavy atom. The molecule has 0 aliphatic carbocycles. The van der Waals surface area contributed by atoms with Gasteiger partial charge in [-0.3, -0.25) is 0 Å². The van der Waals surface area contributed by atoms with E-state index in [4.69, 9.17) is 9.47 Å². The monoisotopic (exact) mass is 147 g/mol. The Hall–Kier alpha value is -1.44. The van der Waals surface area contributed by atoms with E-state index in [9.17, 15) is 0 Å². The Balaban J connectivity index is 2.40. The van der Waals surface area contributed by atoms with Gasteiger partial charge >= 0.3 is 0 Å². The minimum absolute atomic E-state index is 0.534. The molecule has 0 N–H and O–H groups in total. The Kier molecular flexibility index (Phi) is 1.52. The summed E-state index contributed by atoms with van der Waals surface area (Å²) in [6, 6.07) is 8.66. The molecule has 0 saturated heterocycles. The number of hydrogen-bond acceptors (Lipinski definition) is 2. The van der Waals surface area contributed by atoms with Gasteiger partial charge in [0, 0.05) is 5.56 Å². The van der Waals surface area contributed by atoms with E-state index in [0.29, 0.717) is 6.61 Å². The van der Waals surface area contributed by atoms with Crippen molar-refractivity contribution in [2.75, 3.05) is 0 Å². The van der Waals surface area contributed by atoms with Gasteiger partial charge in [-0.2, -0.15) is 0 Å². The van der Waals surface area contributed by atoms with Gasteiger partial charge < -0.3 is 9.47 Å². The van der Waals surface area contributed by atoms with Gasteiger partial charge in [-0.25, -0.2) is 0 Å². The highest BCUT2D eigenvalue weighted by molar-refractivity contribution is 5.32. The van der Waals surface area contributed by atoms with E-state index in [-0.39, 0.29) is 0 Å². The first-order chi connectivity index (χ1) is 5.47. The molecular formula is C9H7O2. The summed E-state index contributed by atoms with van der Waals surface area (Å²) in [7, 11) is 0. The summed E-state index contributed by atoms with van der Waals surface area (Å²) in [5, 5.41) is 0. The summed E-state index contributed by atoms with van der Waals surface area (Å²) < 4.78 is 10.3. The highest BCUT2D eigenvalue weighted by Gasteiger charge is 2.03. The largest absolute Gasteiger partial charge is 0.493 e. The summed E-state index contributed by atoms with van der Waals surface area (Å²) in [5.74, 6) is 0.821. The van der Waals surface area contributed by atoms with Crippen molar-refractivity contribution in [3.8, 4) is 5.75 Å². The molecule has 0 spiro atoms. The maximum Gasteiger partial charge on any atom is 0.133 e. The Morgan fingerprint density at radius 2 is 2.36 bits per heavy atom. The summed E-state index contributed by atoms with van der Waals surface area (Å²) >= 11 is 0. The lowest BCUT2D eigenvalue weighted by molar-refractivity contribution is 0.237. The van der Waals surface area contributed by atoms with Crippen molar-refractivity contribution in [3.05, 3.63) is 42.4 Å². The van der Waals surface area contributed by atoms with Crippen molar-refractivity contribution < 1.29 is 9.47 Å². The normalized spacial score (nSPS) is 14.2. The molecule has 2 rings (SSSR count). The number of ether oxygens (including phenoxy) is 2. The van der Waals surface area contributed by atoms with Gasteiger partial charge in [-0.05, 0) is 12.1 Å². The van der Waals surface area contributed by atoms with Crippen LogP contribution in [-0.2, 0) is 11.3 Å². The average molecular weight is 147 g/mol. The van der Waals surface area contributed by atoms with Gasteiger partial charge in [-0.1, -0.05) is 12.1 Å². The molecule has 1 heterocycles. The molecule has 0 atom stereocenters. The van der Waals surface area contributed by atoms with E-state index in [2.05, 4.69) is 6.07 Å². The summed E-state index contributed by atoms with van der Waals surface area (Å²) in [6.07, 6.45) is 3.06. The molecule has 55 valence electrons. The number of hydrogen-bond donors (Lipinski definition) is 0. The predicted molar refractivity (Wildman–Crippen MR) is 39.8 cm³/mol. The van der Waals surface area contributed by atoms with E-state index in [1.54, 1.807) is 0 Å². The zero-order chi connectivity index (χ0) is 7.52. The highest BCUT2D eigenvalue weighted by atomic mass is 16.5. The van der Waals surface area contributed by atoms with E-state index < -0.39 is 0 Å². The Morgan fingerprint density at radius 1 is 1.36 bits per heavy atom. The Labute approximate surface area is 65.1 Å². The summed E-state index contributed by atoms with van der Waals surface area (Å²) in [6.45, 7) is 0.534. The van der Waals surface area contributed by atoms with Crippen molar-refractivity contribution >= 4 is 0 Å². The molecule has 0 saturated carbocycles. The SMILES string of the molecule is [c]1cccc2c1COC=CO2. The maximum absolute atomic E-state index is 5.21. The molecule has 0 bridgehead atoms. The van der Waals surface area contributed by atoms with Crippen LogP contribution in [0.15, 0.2) is 30.7 Å². The molecule has 1 aromatic carbocycles. The quantitative estimate of drug-likeness (QED) is 0.557. The lowest BCUT2D eigenvalue weighted by Gasteiger charge is -2.01. The van der Waals surface area contributed by atoms with Crippen LogP contribution in [0.3, 0.4) is 0 Å². The van der Waals surface area contributed by atoms with Crippen molar-refractivity contribution in [2.45, 2.75) is 6.61 Å². The number of fused-ring (bicyclic) bond motifs is 1. The molecule has 1 aliphatic heterocycles. The molecule has 1 aliphatic rings. The van der Waals surface area contributed by atoms with Gasteiger partial charge in [0.05, 0.1) is 0 Å². The second kappa shape index (κ2) is 2.66. The fourth-order valence-corrected chi connectivity index (χ4v) is 0.951. The minimum atomic E-state index is 0.534. The van der Waals surface area contributed by atoms with Crippen LogP contribution in [0.5, 0.6) is 5.75 Å². The highest BCUT2D eigenvalue weighted by Crippen LogP contribution is 2.20. The first-order valence-corrected chi connectivity index (χ1v) is 3.40.